The predicted octanol–water partition coefficient (Wildman–Crippen LogP) is 2.83. The summed E-state index contributed by atoms with van der Waals surface area (Å²) in [4.78, 5) is 0. The second-order valence-electron chi connectivity index (χ2n) is 5.24. The summed E-state index contributed by atoms with van der Waals surface area (Å²) in [5, 5.41) is 8.80. The Morgan fingerprint density at radius 2 is 2.15 bits per heavy atom. The lowest BCUT2D eigenvalue weighted by Gasteiger charge is -2.17. The molecule has 20 heavy (non-hydrogen) atoms. The number of nitrogens with one attached hydrogen (secondary N) is 1. The van der Waals surface area contributed by atoms with Gasteiger partial charge in [0.05, 0.1) is 23.0 Å². The molecule has 0 aliphatic carbocycles. The van der Waals surface area contributed by atoms with Crippen molar-refractivity contribution in [1.82, 2.24) is 15.1 Å². The number of nitrogens with zero attached hydrogens (tertiary/aromatic N) is 2. The van der Waals surface area contributed by atoms with Gasteiger partial charge in [-0.3, -0.25) is 4.68 Å². The van der Waals surface area contributed by atoms with Crippen molar-refractivity contribution < 1.29 is 4.74 Å². The highest BCUT2D eigenvalue weighted by atomic mass is 35.5. The van der Waals surface area contributed by atoms with Gasteiger partial charge in [0.1, 0.15) is 0 Å². The van der Waals surface area contributed by atoms with Crippen LogP contribution in [0.2, 0.25) is 5.02 Å². The first-order valence-corrected chi connectivity index (χ1v) is 7.91. The van der Waals surface area contributed by atoms with Gasteiger partial charge in [-0.15, -0.1) is 0 Å². The van der Waals surface area contributed by atoms with E-state index in [9.17, 15) is 0 Å². The molecular formula is C15H28ClN3O. The highest BCUT2D eigenvalue weighted by Gasteiger charge is 2.17. The van der Waals surface area contributed by atoms with Gasteiger partial charge in [-0.05, 0) is 31.7 Å². The highest BCUT2D eigenvalue weighted by molar-refractivity contribution is 6.31. The van der Waals surface area contributed by atoms with Crippen LogP contribution in [-0.4, -0.2) is 36.6 Å². The van der Waals surface area contributed by atoms with E-state index in [1.54, 1.807) is 7.11 Å². The van der Waals surface area contributed by atoms with Crippen molar-refractivity contribution in [3.63, 3.8) is 0 Å². The van der Waals surface area contributed by atoms with E-state index in [-0.39, 0.29) is 0 Å². The maximum Gasteiger partial charge on any atom is 0.0849 e. The first-order valence-electron chi connectivity index (χ1n) is 7.53. The summed E-state index contributed by atoms with van der Waals surface area (Å²) in [6.45, 7) is 6.97. The van der Waals surface area contributed by atoms with E-state index in [1.807, 2.05) is 11.7 Å². The van der Waals surface area contributed by atoms with Crippen molar-refractivity contribution in [3.05, 3.63) is 16.4 Å². The fraction of sp³-hybridized carbons (Fsp3) is 0.800. The standard InChI is InChI=1S/C15H28ClN3O/c1-5-7-12(11-17-8-9-20-4)10-14-15(16)13(6-2)18-19(14)3/h12,17H,5-11H2,1-4H3. The van der Waals surface area contributed by atoms with Crippen molar-refractivity contribution in [3.8, 4) is 0 Å². The van der Waals surface area contributed by atoms with Crippen LogP contribution in [-0.2, 0) is 24.6 Å². The topological polar surface area (TPSA) is 39.1 Å². The number of halogens is 1. The van der Waals surface area contributed by atoms with Gasteiger partial charge in [0, 0.05) is 20.7 Å². The van der Waals surface area contributed by atoms with Gasteiger partial charge in [0.25, 0.3) is 0 Å². The summed E-state index contributed by atoms with van der Waals surface area (Å²) in [6, 6.07) is 0. The minimum atomic E-state index is 0.592. The molecule has 0 aliphatic heterocycles. The third-order valence-electron chi connectivity index (χ3n) is 3.60. The van der Waals surface area contributed by atoms with E-state index in [4.69, 9.17) is 16.3 Å². The van der Waals surface area contributed by atoms with Crippen molar-refractivity contribution in [1.29, 1.82) is 0 Å². The molecule has 0 aromatic carbocycles. The molecule has 0 bridgehead atoms. The fourth-order valence-corrected chi connectivity index (χ4v) is 2.85. The number of ether oxygens (including phenoxy) is 1. The lowest BCUT2D eigenvalue weighted by atomic mass is 9.97. The van der Waals surface area contributed by atoms with Crippen molar-refractivity contribution in [2.24, 2.45) is 13.0 Å². The molecule has 1 heterocycles. The molecule has 4 nitrogen and oxygen atoms in total. The third kappa shape index (κ3) is 5.08. The molecule has 1 aromatic rings. The van der Waals surface area contributed by atoms with Gasteiger partial charge in [-0.2, -0.15) is 5.10 Å². The van der Waals surface area contributed by atoms with Gasteiger partial charge >= 0.3 is 0 Å². The number of hydrogen-bond donors (Lipinski definition) is 1. The van der Waals surface area contributed by atoms with E-state index in [2.05, 4.69) is 24.3 Å². The molecule has 0 saturated heterocycles. The van der Waals surface area contributed by atoms with Gasteiger partial charge in [0.15, 0.2) is 0 Å². The first-order chi connectivity index (χ1) is 9.63. The number of hydrogen-bond acceptors (Lipinski definition) is 3. The predicted molar refractivity (Wildman–Crippen MR) is 84.4 cm³/mol. The Balaban J connectivity index is 2.62. The molecule has 0 aliphatic rings. The quantitative estimate of drug-likeness (QED) is 0.676. The van der Waals surface area contributed by atoms with E-state index in [0.29, 0.717) is 5.92 Å². The number of methoxy groups -OCH3 is 1. The zero-order chi connectivity index (χ0) is 15.0. The number of aromatic nitrogens is 2. The van der Waals surface area contributed by atoms with Crippen LogP contribution in [0, 0.1) is 5.92 Å². The van der Waals surface area contributed by atoms with Crippen molar-refractivity contribution >= 4 is 11.6 Å². The molecule has 0 saturated carbocycles. The monoisotopic (exact) mass is 301 g/mol. The van der Waals surface area contributed by atoms with E-state index < -0.39 is 0 Å². The summed E-state index contributed by atoms with van der Waals surface area (Å²) >= 11 is 6.43. The lowest BCUT2D eigenvalue weighted by Crippen LogP contribution is -2.27. The van der Waals surface area contributed by atoms with Gasteiger partial charge < -0.3 is 10.1 Å². The Hall–Kier alpha value is -0.580. The van der Waals surface area contributed by atoms with Gasteiger partial charge in [-0.25, -0.2) is 0 Å². The van der Waals surface area contributed by atoms with E-state index in [1.165, 1.54) is 12.8 Å². The van der Waals surface area contributed by atoms with E-state index >= 15 is 0 Å². The van der Waals surface area contributed by atoms with Crippen LogP contribution >= 0.6 is 11.6 Å². The Kier molecular flexibility index (Phi) is 8.19. The Labute approximate surface area is 127 Å². The average molecular weight is 302 g/mol. The molecule has 1 unspecified atom stereocenters. The molecule has 1 N–H and O–H groups in total. The zero-order valence-corrected chi connectivity index (χ0v) is 14.0. The van der Waals surface area contributed by atoms with Crippen LogP contribution < -0.4 is 5.32 Å². The van der Waals surface area contributed by atoms with Crippen molar-refractivity contribution in [2.75, 3.05) is 26.8 Å². The number of rotatable bonds is 10. The molecule has 1 rings (SSSR count). The summed E-state index contributed by atoms with van der Waals surface area (Å²) in [5.41, 5.74) is 2.17. The molecule has 116 valence electrons. The largest absolute Gasteiger partial charge is 0.383 e. The van der Waals surface area contributed by atoms with Crippen LogP contribution in [0.1, 0.15) is 38.1 Å². The Bertz CT molecular complexity index is 393. The lowest BCUT2D eigenvalue weighted by molar-refractivity contribution is 0.197. The minimum Gasteiger partial charge on any atom is -0.383 e. The molecule has 0 radical (unpaired) electrons. The first kappa shape index (κ1) is 17.5. The third-order valence-corrected chi connectivity index (χ3v) is 4.03. The summed E-state index contributed by atoms with van der Waals surface area (Å²) in [7, 11) is 3.72. The fourth-order valence-electron chi connectivity index (χ4n) is 2.48. The van der Waals surface area contributed by atoms with Crippen LogP contribution in [0.15, 0.2) is 0 Å². The highest BCUT2D eigenvalue weighted by Crippen LogP contribution is 2.24. The smallest absolute Gasteiger partial charge is 0.0849 e. The molecule has 1 atom stereocenters. The minimum absolute atomic E-state index is 0.592. The maximum absolute atomic E-state index is 6.43. The molecule has 0 spiro atoms. The summed E-state index contributed by atoms with van der Waals surface area (Å²) in [6.07, 6.45) is 4.25. The van der Waals surface area contributed by atoms with Crippen LogP contribution in [0.5, 0.6) is 0 Å². The van der Waals surface area contributed by atoms with Crippen LogP contribution in [0.25, 0.3) is 0 Å². The molecule has 5 heteroatoms. The summed E-state index contributed by atoms with van der Waals surface area (Å²) < 4.78 is 7.00. The van der Waals surface area contributed by atoms with Crippen LogP contribution in [0.4, 0.5) is 0 Å². The SMILES string of the molecule is CCCC(CNCCOC)Cc1c(Cl)c(CC)nn1C. The Morgan fingerprint density at radius 3 is 2.70 bits per heavy atom. The van der Waals surface area contributed by atoms with E-state index in [0.717, 1.165) is 48.9 Å². The summed E-state index contributed by atoms with van der Waals surface area (Å²) in [5.74, 6) is 0.592. The molecular weight excluding hydrogens is 274 g/mol. The second kappa shape index (κ2) is 9.37. The number of aryl methyl sites for hydroxylation is 2. The second-order valence-corrected chi connectivity index (χ2v) is 5.62. The molecule has 0 fully saturated rings. The maximum atomic E-state index is 6.43. The zero-order valence-electron chi connectivity index (χ0n) is 13.2. The van der Waals surface area contributed by atoms with Crippen molar-refractivity contribution in [2.45, 2.75) is 39.5 Å². The Morgan fingerprint density at radius 1 is 1.40 bits per heavy atom. The molecule has 1 aromatic heterocycles. The van der Waals surface area contributed by atoms with Gasteiger partial charge in [0.2, 0.25) is 0 Å². The normalized spacial score (nSPS) is 12.8. The van der Waals surface area contributed by atoms with Gasteiger partial charge in [-0.1, -0.05) is 31.9 Å². The van der Waals surface area contributed by atoms with Crippen LogP contribution in [0.3, 0.4) is 0 Å². The average Bonchev–Trinajstić information content (AvgIpc) is 2.71. The molecule has 0 amide bonds.